The summed E-state index contributed by atoms with van der Waals surface area (Å²) >= 11 is 0. The molecule has 0 aliphatic carbocycles. The molecule has 174 valence electrons. The van der Waals surface area contributed by atoms with Crippen molar-refractivity contribution in [3.05, 3.63) is 53.6 Å². The predicted octanol–water partition coefficient (Wildman–Crippen LogP) is -3.06. The monoisotopic (exact) mass is 508 g/mol. The standard InChI is InChI=1S/C20H22O11S.K/c21-10-16-19(31-32(26,27)28)17(24)18(25)20(30-16)29-15-8-12(7-14(23)9-15)2-1-11-3-5-13(22)6-4-11;/h1-9,16-25H,10H2,(H,26,27,28);/q;+1/p-1/b2-1-;/t16-,17-,18-,19-,20-;/m1./s1. The zero-order chi connectivity index (χ0) is 23.5. The molecular formula is C20H21KO11S. The quantitative estimate of drug-likeness (QED) is 0.111. The molecule has 1 aliphatic heterocycles. The first-order chi connectivity index (χ1) is 15.1. The molecule has 13 heteroatoms. The van der Waals surface area contributed by atoms with Crippen LogP contribution in [0.4, 0.5) is 0 Å². The van der Waals surface area contributed by atoms with E-state index in [1.807, 2.05) is 0 Å². The zero-order valence-electron chi connectivity index (χ0n) is 17.4. The Labute approximate surface area is 232 Å². The van der Waals surface area contributed by atoms with E-state index in [9.17, 15) is 38.5 Å². The van der Waals surface area contributed by atoms with E-state index in [4.69, 9.17) is 9.47 Å². The van der Waals surface area contributed by atoms with Crippen molar-refractivity contribution in [2.75, 3.05) is 6.61 Å². The van der Waals surface area contributed by atoms with Gasteiger partial charge in [-0.3, -0.25) is 4.18 Å². The zero-order valence-corrected chi connectivity index (χ0v) is 21.3. The van der Waals surface area contributed by atoms with Gasteiger partial charge in [0.05, 0.1) is 6.61 Å². The smallest absolute Gasteiger partial charge is 0.726 e. The number of hydrogen-bond acceptors (Lipinski definition) is 11. The SMILES string of the molecule is O=S(=O)([O-])O[C@H]1[C@H](O)[C@@H](O)[C@H](Oc2cc(O)cc(/C=C\c3ccc(O)cc3)c2)O[C@@H]1CO.[K+]. The molecule has 5 N–H and O–H groups in total. The molecule has 0 bridgehead atoms. The van der Waals surface area contributed by atoms with E-state index in [2.05, 4.69) is 4.18 Å². The summed E-state index contributed by atoms with van der Waals surface area (Å²) in [5.41, 5.74) is 1.27. The number of benzene rings is 2. The van der Waals surface area contributed by atoms with Gasteiger partial charge < -0.3 is 39.6 Å². The summed E-state index contributed by atoms with van der Waals surface area (Å²) in [5.74, 6) is -0.0414. The molecule has 0 amide bonds. The Morgan fingerprint density at radius 1 is 0.970 bits per heavy atom. The molecule has 1 aliphatic rings. The molecular weight excluding hydrogens is 487 g/mol. The number of hydrogen-bond donors (Lipinski definition) is 5. The van der Waals surface area contributed by atoms with Crippen molar-refractivity contribution in [3.63, 3.8) is 0 Å². The number of aliphatic hydroxyl groups excluding tert-OH is 3. The molecule has 2 aromatic carbocycles. The Kier molecular flexibility index (Phi) is 10.3. The minimum atomic E-state index is -5.25. The summed E-state index contributed by atoms with van der Waals surface area (Å²) in [6.07, 6.45) is -5.33. The third-order valence-corrected chi connectivity index (χ3v) is 5.03. The van der Waals surface area contributed by atoms with Gasteiger partial charge in [0.25, 0.3) is 0 Å². The first kappa shape index (κ1) is 28.2. The molecule has 11 nitrogen and oxygen atoms in total. The maximum Gasteiger partial charge on any atom is 1.00 e. The Morgan fingerprint density at radius 3 is 2.21 bits per heavy atom. The number of rotatable bonds is 7. The van der Waals surface area contributed by atoms with Gasteiger partial charge >= 0.3 is 51.4 Å². The second-order valence-electron chi connectivity index (χ2n) is 6.98. The van der Waals surface area contributed by atoms with E-state index in [1.165, 1.54) is 30.3 Å². The predicted molar refractivity (Wildman–Crippen MR) is 108 cm³/mol. The minimum Gasteiger partial charge on any atom is -0.726 e. The molecule has 0 radical (unpaired) electrons. The normalized spacial score (nSPS) is 25.5. The minimum absolute atomic E-state index is 0. The summed E-state index contributed by atoms with van der Waals surface area (Å²) in [6, 6.07) is 10.5. The van der Waals surface area contributed by atoms with Crippen LogP contribution in [0.3, 0.4) is 0 Å². The molecule has 3 rings (SSSR count). The van der Waals surface area contributed by atoms with Gasteiger partial charge in [-0.15, -0.1) is 0 Å². The summed E-state index contributed by atoms with van der Waals surface area (Å²) in [7, 11) is -5.25. The van der Waals surface area contributed by atoms with Crippen LogP contribution >= 0.6 is 0 Å². The topological polar surface area (TPSA) is 186 Å². The van der Waals surface area contributed by atoms with Crippen LogP contribution in [0, 0.1) is 0 Å². The van der Waals surface area contributed by atoms with Crippen LogP contribution < -0.4 is 56.1 Å². The second-order valence-corrected chi connectivity index (χ2v) is 7.99. The van der Waals surface area contributed by atoms with Gasteiger partial charge in [0.1, 0.15) is 41.7 Å². The molecule has 5 atom stereocenters. The Hall–Kier alpha value is -1.07. The van der Waals surface area contributed by atoms with E-state index >= 15 is 0 Å². The van der Waals surface area contributed by atoms with Crippen LogP contribution in [0.25, 0.3) is 12.2 Å². The Morgan fingerprint density at radius 2 is 1.61 bits per heavy atom. The van der Waals surface area contributed by atoms with E-state index in [0.29, 0.717) is 5.56 Å². The fourth-order valence-electron chi connectivity index (χ4n) is 3.09. The molecule has 0 aromatic heterocycles. The van der Waals surface area contributed by atoms with Crippen LogP contribution in [0.2, 0.25) is 0 Å². The number of aromatic hydroxyl groups is 2. The van der Waals surface area contributed by atoms with Gasteiger partial charge in [-0.2, -0.15) is 0 Å². The van der Waals surface area contributed by atoms with E-state index in [1.54, 1.807) is 24.3 Å². The molecule has 0 spiro atoms. The largest absolute Gasteiger partial charge is 1.00 e. The molecule has 1 saturated heterocycles. The third-order valence-electron chi connectivity index (χ3n) is 4.58. The number of ether oxygens (including phenoxy) is 2. The van der Waals surface area contributed by atoms with E-state index in [-0.39, 0.29) is 68.6 Å². The van der Waals surface area contributed by atoms with Crippen LogP contribution in [0.5, 0.6) is 17.2 Å². The van der Waals surface area contributed by atoms with E-state index < -0.39 is 47.7 Å². The van der Waals surface area contributed by atoms with Crippen molar-refractivity contribution < 1.29 is 104 Å². The molecule has 2 aromatic rings. The van der Waals surface area contributed by atoms with Crippen molar-refractivity contribution in [2.45, 2.75) is 30.7 Å². The van der Waals surface area contributed by atoms with Gasteiger partial charge in [-0.25, -0.2) is 8.42 Å². The van der Waals surface area contributed by atoms with Gasteiger partial charge in [0, 0.05) is 6.07 Å². The average Bonchev–Trinajstić information content (AvgIpc) is 2.72. The third kappa shape index (κ3) is 7.99. The van der Waals surface area contributed by atoms with Crippen molar-refractivity contribution in [1.82, 2.24) is 0 Å². The van der Waals surface area contributed by atoms with Gasteiger partial charge in [0.15, 0.2) is 0 Å². The fraction of sp³-hybridized carbons (Fsp3) is 0.300. The van der Waals surface area contributed by atoms with Crippen LogP contribution in [-0.4, -0.2) is 75.8 Å². The van der Waals surface area contributed by atoms with Gasteiger partial charge in [-0.05, 0) is 35.4 Å². The summed E-state index contributed by atoms with van der Waals surface area (Å²) in [5, 5.41) is 49.1. The van der Waals surface area contributed by atoms with E-state index in [0.717, 1.165) is 5.56 Å². The summed E-state index contributed by atoms with van der Waals surface area (Å²) < 4.78 is 47.5. The van der Waals surface area contributed by atoms with Gasteiger partial charge in [-0.1, -0.05) is 24.3 Å². The molecule has 33 heavy (non-hydrogen) atoms. The summed E-state index contributed by atoms with van der Waals surface area (Å²) in [6.45, 7) is -0.843. The Balaban J connectivity index is 0.00000385. The molecule has 1 heterocycles. The summed E-state index contributed by atoms with van der Waals surface area (Å²) in [4.78, 5) is 0. The van der Waals surface area contributed by atoms with Gasteiger partial charge in [0.2, 0.25) is 16.7 Å². The molecule has 0 saturated carbocycles. The number of phenols is 2. The Bertz CT molecular complexity index is 1060. The van der Waals surface area contributed by atoms with Crippen molar-refractivity contribution in [3.8, 4) is 17.2 Å². The maximum atomic E-state index is 10.9. The number of phenolic OH excluding ortho intramolecular Hbond substituents is 2. The first-order valence-electron chi connectivity index (χ1n) is 9.30. The van der Waals surface area contributed by atoms with Crippen LogP contribution in [0.1, 0.15) is 11.1 Å². The number of aliphatic hydroxyl groups is 3. The van der Waals surface area contributed by atoms with Crippen LogP contribution in [0.15, 0.2) is 42.5 Å². The average molecular weight is 509 g/mol. The fourth-order valence-corrected chi connectivity index (χ4v) is 3.60. The van der Waals surface area contributed by atoms with Crippen molar-refractivity contribution in [2.24, 2.45) is 0 Å². The maximum absolute atomic E-state index is 10.9. The first-order valence-corrected chi connectivity index (χ1v) is 10.6. The van der Waals surface area contributed by atoms with Crippen molar-refractivity contribution >= 4 is 22.6 Å². The molecule has 0 unspecified atom stereocenters. The molecule has 1 fully saturated rings. The van der Waals surface area contributed by atoms with Crippen LogP contribution in [-0.2, 0) is 19.3 Å². The van der Waals surface area contributed by atoms with Crippen molar-refractivity contribution in [1.29, 1.82) is 0 Å². The second kappa shape index (κ2) is 12.1.